The highest BCUT2D eigenvalue weighted by atomic mass is 35.5. The number of hydrogen-bond donors (Lipinski definition) is 2. The third-order valence-electron chi connectivity index (χ3n) is 3.58. The van der Waals surface area contributed by atoms with Crippen molar-refractivity contribution >= 4 is 52.2 Å². The Morgan fingerprint density at radius 2 is 1.76 bits per heavy atom. The molecule has 0 fully saturated rings. The van der Waals surface area contributed by atoms with Crippen molar-refractivity contribution in [3.05, 3.63) is 47.1 Å². The summed E-state index contributed by atoms with van der Waals surface area (Å²) in [4.78, 5) is 23.1. The van der Waals surface area contributed by atoms with E-state index in [9.17, 15) is 22.8 Å². The summed E-state index contributed by atoms with van der Waals surface area (Å²) in [7, 11) is 0. The average Bonchev–Trinajstić information content (AvgIpc) is 3.04. The zero-order valence-electron chi connectivity index (χ0n) is 14.7. The average molecular weight is 444 g/mol. The Balaban J connectivity index is 1.68. The summed E-state index contributed by atoms with van der Waals surface area (Å²) in [5.41, 5.74) is 0.201. The van der Waals surface area contributed by atoms with Crippen LogP contribution in [0.25, 0.3) is 5.65 Å². The van der Waals surface area contributed by atoms with Crippen LogP contribution in [0.1, 0.15) is 12.5 Å². The lowest BCUT2D eigenvalue weighted by Crippen LogP contribution is -2.14. The highest BCUT2D eigenvalue weighted by Gasteiger charge is 2.32. The van der Waals surface area contributed by atoms with Crippen LogP contribution in [0.15, 0.2) is 41.7 Å². The normalized spacial score (nSPS) is 11.5. The molecular formula is C17H13ClF3N5O2S. The molecule has 2 N–H and O–H groups in total. The van der Waals surface area contributed by atoms with Gasteiger partial charge in [-0.05, 0) is 30.3 Å². The van der Waals surface area contributed by atoms with Gasteiger partial charge in [0.2, 0.25) is 11.8 Å². The van der Waals surface area contributed by atoms with Crippen molar-refractivity contribution < 1.29 is 22.8 Å². The first kappa shape index (κ1) is 20.9. The fraction of sp³-hybridized carbons (Fsp3) is 0.176. The van der Waals surface area contributed by atoms with Gasteiger partial charge in [0, 0.05) is 24.5 Å². The number of nitrogens with one attached hydrogen (secondary N) is 2. The van der Waals surface area contributed by atoms with Gasteiger partial charge in [-0.1, -0.05) is 23.4 Å². The van der Waals surface area contributed by atoms with Crippen LogP contribution < -0.4 is 10.6 Å². The topological polar surface area (TPSA) is 88.4 Å². The fourth-order valence-electron chi connectivity index (χ4n) is 2.35. The molecule has 0 aliphatic heterocycles. The second-order valence-corrected chi connectivity index (χ2v) is 7.20. The van der Waals surface area contributed by atoms with E-state index in [0.29, 0.717) is 11.4 Å². The van der Waals surface area contributed by atoms with Gasteiger partial charge in [-0.3, -0.25) is 14.0 Å². The van der Waals surface area contributed by atoms with Crippen LogP contribution >= 0.6 is 23.4 Å². The molecule has 0 radical (unpaired) electrons. The summed E-state index contributed by atoms with van der Waals surface area (Å²) < 4.78 is 40.0. The van der Waals surface area contributed by atoms with Gasteiger partial charge in [-0.15, -0.1) is 10.2 Å². The molecule has 0 atom stereocenters. The second-order valence-electron chi connectivity index (χ2n) is 5.85. The Morgan fingerprint density at radius 1 is 1.14 bits per heavy atom. The number of nitrogens with zero attached hydrogens (tertiary/aromatic N) is 3. The largest absolute Gasteiger partial charge is 0.417 e. The van der Waals surface area contributed by atoms with Gasteiger partial charge >= 0.3 is 6.18 Å². The molecule has 2 aromatic heterocycles. The predicted molar refractivity (Wildman–Crippen MR) is 103 cm³/mol. The quantitative estimate of drug-likeness (QED) is 0.580. The number of hydrogen-bond acceptors (Lipinski definition) is 5. The van der Waals surface area contributed by atoms with Crippen LogP contribution in [0.5, 0.6) is 0 Å². The molecule has 0 saturated heterocycles. The van der Waals surface area contributed by atoms with E-state index in [2.05, 4.69) is 20.8 Å². The monoisotopic (exact) mass is 443 g/mol. The number of carbonyl (C=O) groups excluding carboxylic acids is 2. The fourth-order valence-corrected chi connectivity index (χ4v) is 3.31. The number of pyridine rings is 1. The van der Waals surface area contributed by atoms with Gasteiger partial charge in [0.1, 0.15) is 0 Å². The van der Waals surface area contributed by atoms with E-state index in [0.717, 1.165) is 28.4 Å². The Labute approximate surface area is 171 Å². The molecule has 0 bridgehead atoms. The number of alkyl halides is 3. The number of amides is 2. The summed E-state index contributed by atoms with van der Waals surface area (Å²) >= 11 is 6.78. The van der Waals surface area contributed by atoms with Crippen molar-refractivity contribution in [2.45, 2.75) is 18.3 Å². The number of halogens is 4. The zero-order valence-corrected chi connectivity index (χ0v) is 16.3. The van der Waals surface area contributed by atoms with Gasteiger partial charge in [-0.25, -0.2) is 0 Å². The molecule has 0 unspecified atom stereocenters. The minimum Gasteiger partial charge on any atom is -0.326 e. The van der Waals surface area contributed by atoms with Crippen molar-refractivity contribution in [3.63, 3.8) is 0 Å². The van der Waals surface area contributed by atoms with E-state index in [1.54, 1.807) is 24.3 Å². The van der Waals surface area contributed by atoms with Gasteiger partial charge < -0.3 is 10.6 Å². The molecule has 3 rings (SSSR count). The van der Waals surface area contributed by atoms with Crippen LogP contribution in [-0.2, 0) is 15.8 Å². The summed E-state index contributed by atoms with van der Waals surface area (Å²) in [6.07, 6.45) is -3.74. The lowest BCUT2D eigenvalue weighted by Gasteiger charge is -2.09. The van der Waals surface area contributed by atoms with E-state index in [1.807, 2.05) is 0 Å². The van der Waals surface area contributed by atoms with Gasteiger partial charge in [0.25, 0.3) is 0 Å². The zero-order chi connectivity index (χ0) is 21.2. The molecular weight excluding hydrogens is 431 g/mol. The summed E-state index contributed by atoms with van der Waals surface area (Å²) in [5, 5.41) is 12.7. The summed E-state index contributed by atoms with van der Waals surface area (Å²) in [6, 6.07) is 7.23. The molecule has 152 valence electrons. The SMILES string of the molecule is CC(=O)Nc1ccc(NC(=O)CSc2nnc3c(Cl)cc(C(F)(F)F)cn23)cc1. The van der Waals surface area contributed by atoms with Gasteiger partial charge in [0.05, 0.1) is 16.3 Å². The van der Waals surface area contributed by atoms with E-state index in [1.165, 1.54) is 6.92 Å². The Bertz CT molecular complexity index is 1070. The third kappa shape index (κ3) is 5.18. The minimum atomic E-state index is -4.58. The molecule has 1 aromatic carbocycles. The maximum absolute atomic E-state index is 13.0. The molecule has 2 heterocycles. The maximum atomic E-state index is 13.0. The first-order valence-electron chi connectivity index (χ1n) is 8.05. The molecule has 2 amide bonds. The number of carbonyl (C=O) groups is 2. The standard InChI is InChI=1S/C17H13ClF3N5O2S/c1-9(27)22-11-2-4-12(5-3-11)23-14(28)8-29-16-25-24-15-13(18)6-10(7-26(15)16)17(19,20)21/h2-7H,8H2,1H3,(H,22,27)(H,23,28). The van der Waals surface area contributed by atoms with E-state index >= 15 is 0 Å². The van der Waals surface area contributed by atoms with Crippen molar-refractivity contribution in [1.29, 1.82) is 0 Å². The van der Waals surface area contributed by atoms with Crippen molar-refractivity contribution in [1.82, 2.24) is 14.6 Å². The van der Waals surface area contributed by atoms with Crippen molar-refractivity contribution in [2.24, 2.45) is 0 Å². The van der Waals surface area contributed by atoms with Gasteiger partial charge in [0.15, 0.2) is 10.8 Å². The van der Waals surface area contributed by atoms with E-state index < -0.39 is 17.6 Å². The minimum absolute atomic E-state index is 0.0659. The smallest absolute Gasteiger partial charge is 0.326 e. The lowest BCUT2D eigenvalue weighted by molar-refractivity contribution is -0.137. The highest BCUT2D eigenvalue weighted by molar-refractivity contribution is 7.99. The molecule has 0 aliphatic rings. The number of thioether (sulfide) groups is 1. The number of rotatable bonds is 5. The van der Waals surface area contributed by atoms with Crippen molar-refractivity contribution in [3.8, 4) is 0 Å². The highest BCUT2D eigenvalue weighted by Crippen LogP contribution is 2.33. The number of aromatic nitrogens is 3. The van der Waals surface area contributed by atoms with Crippen molar-refractivity contribution in [2.75, 3.05) is 16.4 Å². The van der Waals surface area contributed by atoms with E-state index in [4.69, 9.17) is 11.6 Å². The molecule has 3 aromatic rings. The second kappa shape index (κ2) is 8.29. The van der Waals surface area contributed by atoms with Crippen LogP contribution in [-0.4, -0.2) is 32.2 Å². The van der Waals surface area contributed by atoms with Gasteiger partial charge in [-0.2, -0.15) is 13.2 Å². The van der Waals surface area contributed by atoms with Crippen LogP contribution in [0.3, 0.4) is 0 Å². The van der Waals surface area contributed by atoms with Crippen LogP contribution in [0.4, 0.5) is 24.5 Å². The first-order chi connectivity index (χ1) is 13.6. The first-order valence-corrected chi connectivity index (χ1v) is 9.41. The number of benzene rings is 1. The predicted octanol–water partition coefficient (Wildman–Crippen LogP) is 4.09. The third-order valence-corrected chi connectivity index (χ3v) is 4.80. The molecule has 0 aliphatic carbocycles. The summed E-state index contributed by atoms with van der Waals surface area (Å²) in [6.45, 7) is 1.38. The number of anilines is 2. The molecule has 0 spiro atoms. The number of fused-ring (bicyclic) bond motifs is 1. The Hall–Kier alpha value is -2.79. The Kier molecular flexibility index (Phi) is 5.99. The molecule has 0 saturated carbocycles. The van der Waals surface area contributed by atoms with E-state index in [-0.39, 0.29) is 27.5 Å². The van der Waals surface area contributed by atoms with Crippen LogP contribution in [0.2, 0.25) is 5.02 Å². The lowest BCUT2D eigenvalue weighted by atomic mass is 10.3. The molecule has 12 heteroatoms. The Morgan fingerprint density at radius 3 is 2.34 bits per heavy atom. The molecule has 29 heavy (non-hydrogen) atoms. The maximum Gasteiger partial charge on any atom is 0.417 e. The molecule has 7 nitrogen and oxygen atoms in total. The van der Waals surface area contributed by atoms with Crippen LogP contribution in [0, 0.1) is 0 Å². The summed E-state index contributed by atoms with van der Waals surface area (Å²) in [5.74, 6) is -0.716.